The highest BCUT2D eigenvalue weighted by Crippen LogP contribution is 2.37. The van der Waals surface area contributed by atoms with Gasteiger partial charge in [-0.1, -0.05) is 38.1 Å². The van der Waals surface area contributed by atoms with E-state index in [1.165, 1.54) is 37.3 Å². The van der Waals surface area contributed by atoms with Crippen LogP contribution in [0.4, 0.5) is 0 Å². The number of primary amides is 1. The van der Waals surface area contributed by atoms with Gasteiger partial charge < -0.3 is 46.8 Å². The van der Waals surface area contributed by atoms with Gasteiger partial charge in [-0.05, 0) is 49.3 Å². The van der Waals surface area contributed by atoms with E-state index in [1.54, 1.807) is 19.9 Å². The molecule has 0 bridgehead atoms. The second-order valence-electron chi connectivity index (χ2n) is 12.9. The molecule has 10 N–H and O–H groups in total. The van der Waals surface area contributed by atoms with Crippen LogP contribution < -0.4 is 36.8 Å². The van der Waals surface area contributed by atoms with Crippen LogP contribution in [-0.4, -0.2) is 112 Å². The van der Waals surface area contributed by atoms with Gasteiger partial charge in [0.1, 0.15) is 29.9 Å². The molecule has 0 aliphatic rings. The van der Waals surface area contributed by atoms with Crippen LogP contribution >= 0.6 is 7.82 Å². The van der Waals surface area contributed by atoms with Gasteiger partial charge >= 0.3 is 7.82 Å². The molecule has 19 nitrogen and oxygen atoms in total. The lowest BCUT2D eigenvalue weighted by Gasteiger charge is -2.29. The number of aliphatic hydroxyl groups is 1. The first-order valence-corrected chi connectivity index (χ1v) is 19.0. The molecular formula is C35H54N7O12P. The molecule has 0 radical (unpaired) electrons. The molecule has 1 aromatic rings. The summed E-state index contributed by atoms with van der Waals surface area (Å²) in [5.41, 5.74) is 5.79. The van der Waals surface area contributed by atoms with E-state index in [1.807, 2.05) is 0 Å². The standard InChI is InChI=1S/C35H54N7O12P/c1-6-8-16-37-32(47)29(21-43)41-33(48)27(18-22(3)4)39-31(46)20-42(17-9-7-2)35(50)26(14-15-30(36)45)40-34(49)28(38-23(5)44)19-24-10-12-25(13-11-24)54-55(51,52)53/h6-7,10-13,22,26-29,43H,1-2,8-9,14-21H2,3-5H3,(H2,36,45)(H,37,47)(H,38,44)(H,39,46)(H,40,49)(H,41,48)(H2,51,52,53)/t26-,27-,28-,29-/m0/s1. The van der Waals surface area contributed by atoms with E-state index in [0.717, 1.165) is 4.90 Å². The van der Waals surface area contributed by atoms with E-state index in [2.05, 4.69) is 44.3 Å². The second-order valence-corrected chi connectivity index (χ2v) is 14.1. The second kappa shape index (κ2) is 24.3. The predicted octanol–water partition coefficient (Wildman–Crippen LogP) is -0.939. The largest absolute Gasteiger partial charge is 0.524 e. The monoisotopic (exact) mass is 795 g/mol. The van der Waals surface area contributed by atoms with Crippen molar-refractivity contribution in [3.63, 3.8) is 0 Å². The summed E-state index contributed by atoms with van der Waals surface area (Å²) in [6.07, 6.45) is 3.13. The molecule has 0 fully saturated rings. The highest BCUT2D eigenvalue weighted by Gasteiger charge is 2.32. The van der Waals surface area contributed by atoms with Crippen LogP contribution in [0.25, 0.3) is 0 Å². The summed E-state index contributed by atoms with van der Waals surface area (Å²) >= 11 is 0. The Morgan fingerprint density at radius 1 is 0.873 bits per heavy atom. The molecule has 0 spiro atoms. The quantitative estimate of drug-likeness (QED) is 0.0312. The lowest BCUT2D eigenvalue weighted by Crippen LogP contribution is -2.58. The van der Waals surface area contributed by atoms with Crippen molar-refractivity contribution in [3.8, 4) is 5.75 Å². The minimum absolute atomic E-state index is 0.0602. The molecule has 0 aromatic heterocycles. The summed E-state index contributed by atoms with van der Waals surface area (Å²) in [4.78, 5) is 110. The number of nitrogens with one attached hydrogen (secondary N) is 5. The molecular weight excluding hydrogens is 741 g/mol. The lowest BCUT2D eigenvalue weighted by molar-refractivity contribution is -0.141. The number of hydrogen-bond donors (Lipinski definition) is 9. The number of amides is 7. The molecule has 306 valence electrons. The summed E-state index contributed by atoms with van der Waals surface area (Å²) < 4.78 is 15.7. The fourth-order valence-electron chi connectivity index (χ4n) is 5.07. The molecule has 0 saturated heterocycles. The number of hydrogen-bond acceptors (Lipinski definition) is 10. The Kier molecular flexibility index (Phi) is 21.2. The number of benzene rings is 1. The number of carbonyl (C=O) groups is 7. The number of nitrogens with two attached hydrogens (primary N) is 1. The van der Waals surface area contributed by atoms with Gasteiger partial charge in [-0.2, -0.15) is 0 Å². The zero-order chi connectivity index (χ0) is 41.7. The van der Waals surface area contributed by atoms with Crippen LogP contribution in [0.15, 0.2) is 49.6 Å². The van der Waals surface area contributed by atoms with Crippen LogP contribution in [0, 0.1) is 5.92 Å². The molecule has 7 amide bonds. The molecule has 55 heavy (non-hydrogen) atoms. The molecule has 0 aliphatic carbocycles. The molecule has 0 saturated carbocycles. The number of phosphoric ester groups is 1. The van der Waals surface area contributed by atoms with Crippen molar-refractivity contribution in [2.45, 2.75) is 83.5 Å². The predicted molar refractivity (Wildman–Crippen MR) is 200 cm³/mol. The Labute approximate surface area is 320 Å². The number of carbonyl (C=O) groups excluding carboxylic acids is 7. The molecule has 1 rings (SSSR count). The van der Waals surface area contributed by atoms with Crippen LogP contribution in [0.5, 0.6) is 5.75 Å². The fourth-order valence-corrected chi connectivity index (χ4v) is 5.46. The van der Waals surface area contributed by atoms with Crippen molar-refractivity contribution in [3.05, 3.63) is 55.1 Å². The maximum absolute atomic E-state index is 14.0. The van der Waals surface area contributed by atoms with Gasteiger partial charge in [-0.15, -0.1) is 13.2 Å². The Morgan fingerprint density at radius 2 is 1.47 bits per heavy atom. The first-order chi connectivity index (χ1) is 25.8. The smallest absolute Gasteiger partial charge is 0.404 e. The third-order valence-electron chi connectivity index (χ3n) is 7.65. The summed E-state index contributed by atoms with van der Waals surface area (Å²) in [7, 11) is -4.82. The highest BCUT2D eigenvalue weighted by molar-refractivity contribution is 7.46. The zero-order valence-electron chi connectivity index (χ0n) is 31.3. The third-order valence-corrected chi connectivity index (χ3v) is 8.10. The molecule has 0 unspecified atom stereocenters. The molecule has 0 heterocycles. The Bertz CT molecular complexity index is 1550. The van der Waals surface area contributed by atoms with E-state index >= 15 is 0 Å². The minimum atomic E-state index is -4.82. The maximum atomic E-state index is 14.0. The molecule has 1 aromatic carbocycles. The minimum Gasteiger partial charge on any atom is -0.404 e. The first-order valence-electron chi connectivity index (χ1n) is 17.5. The first kappa shape index (κ1) is 47.9. The number of phosphoric acid groups is 1. The van der Waals surface area contributed by atoms with Crippen molar-refractivity contribution in [1.29, 1.82) is 0 Å². The Balaban J connectivity index is 3.27. The van der Waals surface area contributed by atoms with Crippen LogP contribution in [0.1, 0.15) is 58.4 Å². The van der Waals surface area contributed by atoms with Gasteiger partial charge in [0, 0.05) is 32.9 Å². The number of aliphatic hydroxyl groups excluding tert-OH is 1. The zero-order valence-corrected chi connectivity index (χ0v) is 32.2. The molecule has 0 aliphatic heterocycles. The van der Waals surface area contributed by atoms with Crippen molar-refractivity contribution < 1.29 is 57.5 Å². The van der Waals surface area contributed by atoms with E-state index in [-0.39, 0.29) is 56.9 Å². The van der Waals surface area contributed by atoms with Crippen LogP contribution in [0.2, 0.25) is 0 Å². The van der Waals surface area contributed by atoms with Crippen LogP contribution in [-0.2, 0) is 44.5 Å². The third kappa shape index (κ3) is 19.7. The summed E-state index contributed by atoms with van der Waals surface area (Å²) in [5.74, 6) is -5.40. The average Bonchev–Trinajstić information content (AvgIpc) is 3.09. The van der Waals surface area contributed by atoms with Gasteiger partial charge in [-0.3, -0.25) is 43.3 Å². The van der Waals surface area contributed by atoms with E-state index < -0.39 is 86.5 Å². The molecule has 20 heteroatoms. The van der Waals surface area contributed by atoms with E-state index in [0.29, 0.717) is 12.0 Å². The van der Waals surface area contributed by atoms with Crippen molar-refractivity contribution in [2.75, 3.05) is 26.2 Å². The Morgan fingerprint density at radius 3 is 2.00 bits per heavy atom. The van der Waals surface area contributed by atoms with Crippen molar-refractivity contribution in [1.82, 2.24) is 31.5 Å². The summed E-state index contributed by atoms with van der Waals surface area (Å²) in [5, 5.41) is 22.4. The summed E-state index contributed by atoms with van der Waals surface area (Å²) in [6, 6.07) is 0.188. The number of nitrogens with zero attached hydrogens (tertiary/aromatic N) is 1. The fraction of sp³-hybridized carbons (Fsp3) is 0.514. The van der Waals surface area contributed by atoms with Crippen LogP contribution in [0.3, 0.4) is 0 Å². The normalized spacial score (nSPS) is 13.2. The SMILES string of the molecule is C=CCCNC(=O)[C@H](CO)NC(=O)[C@H](CC(C)C)NC(=O)CN(CCC=C)C(=O)[C@H](CCC(N)=O)NC(=O)[C@H](Cc1ccc(OP(=O)(O)O)cc1)NC(C)=O. The van der Waals surface area contributed by atoms with E-state index in [4.69, 9.17) is 15.5 Å². The summed E-state index contributed by atoms with van der Waals surface area (Å²) in [6.45, 7) is 10.8. The topological polar surface area (TPSA) is 296 Å². The van der Waals surface area contributed by atoms with Crippen molar-refractivity contribution in [2.24, 2.45) is 11.7 Å². The average molecular weight is 796 g/mol. The van der Waals surface area contributed by atoms with E-state index in [9.17, 15) is 43.2 Å². The maximum Gasteiger partial charge on any atom is 0.524 e. The molecule has 4 atom stereocenters. The Hall–Kier alpha value is -5.10. The van der Waals surface area contributed by atoms with Crippen molar-refractivity contribution >= 4 is 49.2 Å². The van der Waals surface area contributed by atoms with Gasteiger partial charge in [0.2, 0.25) is 41.4 Å². The van der Waals surface area contributed by atoms with Gasteiger partial charge in [-0.25, -0.2) is 4.57 Å². The lowest BCUT2D eigenvalue weighted by atomic mass is 10.0. The van der Waals surface area contributed by atoms with Gasteiger partial charge in [0.25, 0.3) is 0 Å². The number of rotatable bonds is 26. The van der Waals surface area contributed by atoms with Gasteiger partial charge in [0.05, 0.1) is 13.2 Å². The van der Waals surface area contributed by atoms with Gasteiger partial charge in [0.15, 0.2) is 0 Å². The highest BCUT2D eigenvalue weighted by atomic mass is 31.2.